The van der Waals surface area contributed by atoms with E-state index in [1.54, 1.807) is 11.0 Å². The Morgan fingerprint density at radius 1 is 0.857 bits per heavy atom. The van der Waals surface area contributed by atoms with Gasteiger partial charge in [-0.1, -0.05) is 0 Å². The number of hydrogen-bond donors (Lipinski definition) is 0. The third-order valence-corrected chi connectivity index (χ3v) is 5.50. The van der Waals surface area contributed by atoms with Crippen molar-refractivity contribution in [2.75, 3.05) is 49.1 Å². The fourth-order valence-electron chi connectivity index (χ4n) is 3.97. The van der Waals surface area contributed by atoms with Crippen LogP contribution in [0.15, 0.2) is 36.4 Å². The highest BCUT2D eigenvalue weighted by atomic mass is 19.1. The topological polar surface area (TPSA) is 26.8 Å². The van der Waals surface area contributed by atoms with E-state index >= 15 is 0 Å². The van der Waals surface area contributed by atoms with Gasteiger partial charge < -0.3 is 9.80 Å². The molecular formula is C21H22F3N3O. The Hall–Kier alpha value is -2.54. The Balaban J connectivity index is 1.29. The zero-order valence-corrected chi connectivity index (χ0v) is 15.5. The van der Waals surface area contributed by atoms with Gasteiger partial charge in [0.25, 0.3) is 0 Å². The monoisotopic (exact) mass is 389 g/mol. The minimum absolute atomic E-state index is 0.0392. The molecule has 0 N–H and O–H groups in total. The van der Waals surface area contributed by atoms with Crippen molar-refractivity contribution in [3.05, 3.63) is 59.4 Å². The van der Waals surface area contributed by atoms with Crippen molar-refractivity contribution >= 4 is 17.3 Å². The summed E-state index contributed by atoms with van der Waals surface area (Å²) in [4.78, 5) is 18.4. The molecule has 0 atom stereocenters. The number of carbonyl (C=O) groups is 1. The van der Waals surface area contributed by atoms with E-state index in [0.717, 1.165) is 17.3 Å². The zero-order valence-electron chi connectivity index (χ0n) is 15.5. The number of nitrogens with zero attached hydrogens (tertiary/aromatic N) is 3. The van der Waals surface area contributed by atoms with Gasteiger partial charge >= 0.3 is 0 Å². The second kappa shape index (κ2) is 7.83. The van der Waals surface area contributed by atoms with Gasteiger partial charge in [-0.25, -0.2) is 13.2 Å². The molecule has 2 aromatic carbocycles. The van der Waals surface area contributed by atoms with E-state index in [1.165, 1.54) is 24.3 Å². The van der Waals surface area contributed by atoms with Gasteiger partial charge in [-0.2, -0.15) is 0 Å². The number of benzene rings is 2. The molecule has 148 valence electrons. The average Bonchev–Trinajstić information content (AvgIpc) is 3.10. The van der Waals surface area contributed by atoms with Gasteiger partial charge in [-0.3, -0.25) is 9.69 Å². The third kappa shape index (κ3) is 3.85. The lowest BCUT2D eigenvalue weighted by Gasteiger charge is -2.36. The Kier molecular flexibility index (Phi) is 5.26. The second-order valence-electron chi connectivity index (χ2n) is 7.24. The first-order valence-corrected chi connectivity index (χ1v) is 9.52. The molecule has 1 fully saturated rings. The molecule has 0 aliphatic carbocycles. The van der Waals surface area contributed by atoms with Crippen molar-refractivity contribution in [1.29, 1.82) is 0 Å². The summed E-state index contributed by atoms with van der Waals surface area (Å²) in [5.74, 6) is -1.36. The lowest BCUT2D eigenvalue weighted by Crippen LogP contribution is -2.47. The number of piperazine rings is 1. The van der Waals surface area contributed by atoms with Crippen molar-refractivity contribution in [3.8, 4) is 0 Å². The molecule has 0 bridgehead atoms. The fraction of sp³-hybridized carbons (Fsp3) is 0.381. The van der Waals surface area contributed by atoms with Gasteiger partial charge in [0, 0.05) is 57.4 Å². The Labute approximate surface area is 162 Å². The maximum atomic E-state index is 13.9. The summed E-state index contributed by atoms with van der Waals surface area (Å²) in [7, 11) is 0. The molecule has 28 heavy (non-hydrogen) atoms. The lowest BCUT2D eigenvalue weighted by molar-refractivity contribution is -0.118. The molecule has 0 saturated carbocycles. The molecule has 7 heteroatoms. The van der Waals surface area contributed by atoms with Crippen LogP contribution in [0.25, 0.3) is 0 Å². The van der Waals surface area contributed by atoms with Crippen molar-refractivity contribution in [2.45, 2.75) is 12.8 Å². The van der Waals surface area contributed by atoms with E-state index in [4.69, 9.17) is 0 Å². The van der Waals surface area contributed by atoms with Crippen LogP contribution >= 0.6 is 0 Å². The summed E-state index contributed by atoms with van der Waals surface area (Å²) < 4.78 is 40.3. The highest BCUT2D eigenvalue weighted by Crippen LogP contribution is 2.29. The molecule has 2 heterocycles. The molecule has 4 rings (SSSR count). The van der Waals surface area contributed by atoms with Gasteiger partial charge in [-0.15, -0.1) is 0 Å². The lowest BCUT2D eigenvalue weighted by atomic mass is 10.1. The van der Waals surface area contributed by atoms with Crippen LogP contribution in [0.4, 0.5) is 24.5 Å². The van der Waals surface area contributed by atoms with Crippen LogP contribution in [-0.4, -0.2) is 50.1 Å². The van der Waals surface area contributed by atoms with Gasteiger partial charge in [0.15, 0.2) is 0 Å². The first-order valence-electron chi connectivity index (χ1n) is 9.52. The summed E-state index contributed by atoms with van der Waals surface area (Å²) in [5.41, 5.74) is 2.10. The molecule has 0 radical (unpaired) electrons. The minimum Gasteiger partial charge on any atom is -0.367 e. The van der Waals surface area contributed by atoms with E-state index < -0.39 is 11.6 Å². The predicted molar refractivity (Wildman–Crippen MR) is 102 cm³/mol. The van der Waals surface area contributed by atoms with Crippen molar-refractivity contribution in [1.82, 2.24) is 4.90 Å². The number of fused-ring (bicyclic) bond motifs is 1. The molecule has 1 saturated heterocycles. The maximum absolute atomic E-state index is 13.9. The molecule has 2 aromatic rings. The van der Waals surface area contributed by atoms with Crippen molar-refractivity contribution in [3.63, 3.8) is 0 Å². The van der Waals surface area contributed by atoms with E-state index in [9.17, 15) is 18.0 Å². The van der Waals surface area contributed by atoms with Gasteiger partial charge in [0.1, 0.15) is 17.5 Å². The molecule has 0 unspecified atom stereocenters. The molecule has 0 spiro atoms. The van der Waals surface area contributed by atoms with Crippen molar-refractivity contribution < 1.29 is 18.0 Å². The number of hydrogen-bond acceptors (Lipinski definition) is 3. The van der Waals surface area contributed by atoms with Crippen molar-refractivity contribution in [2.24, 2.45) is 0 Å². The van der Waals surface area contributed by atoms with Crippen LogP contribution < -0.4 is 9.80 Å². The van der Waals surface area contributed by atoms with Crippen LogP contribution in [0.2, 0.25) is 0 Å². The van der Waals surface area contributed by atoms with E-state index in [2.05, 4.69) is 4.90 Å². The van der Waals surface area contributed by atoms with Crippen LogP contribution in [0.1, 0.15) is 12.0 Å². The smallest absolute Gasteiger partial charge is 0.228 e. The first-order chi connectivity index (χ1) is 13.5. The molecule has 0 aromatic heterocycles. The van der Waals surface area contributed by atoms with E-state index in [-0.39, 0.29) is 11.7 Å². The standard InChI is InChI=1S/C21H22F3N3O/c22-16-1-3-19-15(13-16)5-8-27(19)21(28)6-7-25-9-11-26(12-10-25)20-4-2-17(23)14-18(20)24/h1-4,13-14H,5-12H2. The average molecular weight is 389 g/mol. The highest BCUT2D eigenvalue weighted by Gasteiger charge is 2.26. The van der Waals surface area contributed by atoms with E-state index in [1.807, 2.05) is 4.90 Å². The number of anilines is 2. The summed E-state index contributed by atoms with van der Waals surface area (Å²) in [6.07, 6.45) is 1.07. The van der Waals surface area contributed by atoms with Gasteiger partial charge in [-0.05, 0) is 42.3 Å². The predicted octanol–water partition coefficient (Wildman–Crippen LogP) is 3.21. The number of rotatable bonds is 4. The first kappa shape index (κ1) is 18.8. The summed E-state index contributed by atoms with van der Waals surface area (Å²) in [6, 6.07) is 8.20. The zero-order chi connectivity index (χ0) is 19.7. The van der Waals surface area contributed by atoms with Crippen LogP contribution in [-0.2, 0) is 11.2 Å². The number of amides is 1. The summed E-state index contributed by atoms with van der Waals surface area (Å²) in [5, 5.41) is 0. The van der Waals surface area contributed by atoms with E-state index in [0.29, 0.717) is 57.8 Å². The van der Waals surface area contributed by atoms with Crippen LogP contribution in [0.5, 0.6) is 0 Å². The number of carbonyl (C=O) groups excluding carboxylic acids is 1. The Bertz CT molecular complexity index is 881. The van der Waals surface area contributed by atoms with Gasteiger partial charge in [0.05, 0.1) is 5.69 Å². The van der Waals surface area contributed by atoms with Crippen LogP contribution in [0.3, 0.4) is 0 Å². The molecule has 2 aliphatic rings. The molecule has 2 aliphatic heterocycles. The summed E-state index contributed by atoms with van der Waals surface area (Å²) >= 11 is 0. The Morgan fingerprint density at radius 2 is 1.54 bits per heavy atom. The molecule has 4 nitrogen and oxygen atoms in total. The fourth-order valence-corrected chi connectivity index (χ4v) is 3.97. The SMILES string of the molecule is O=C(CCN1CCN(c2ccc(F)cc2F)CC1)N1CCc2cc(F)ccc21. The normalized spacial score (nSPS) is 17.1. The quantitative estimate of drug-likeness (QED) is 0.804. The largest absolute Gasteiger partial charge is 0.367 e. The molecule has 1 amide bonds. The minimum atomic E-state index is -0.579. The maximum Gasteiger partial charge on any atom is 0.228 e. The van der Waals surface area contributed by atoms with Gasteiger partial charge in [0.2, 0.25) is 5.91 Å². The molecular weight excluding hydrogens is 367 g/mol. The van der Waals surface area contributed by atoms with Crippen LogP contribution in [0, 0.1) is 17.5 Å². The highest BCUT2D eigenvalue weighted by molar-refractivity contribution is 5.95. The second-order valence-corrected chi connectivity index (χ2v) is 7.24. The Morgan fingerprint density at radius 3 is 2.25 bits per heavy atom. The number of halogens is 3. The summed E-state index contributed by atoms with van der Waals surface area (Å²) in [6.45, 7) is 3.91. The third-order valence-electron chi connectivity index (χ3n) is 5.50.